The zero-order valence-corrected chi connectivity index (χ0v) is 11.6. The zero-order valence-electron chi connectivity index (χ0n) is 10.8. The van der Waals surface area contributed by atoms with Gasteiger partial charge in [-0.05, 0) is 38.7 Å². The van der Waals surface area contributed by atoms with Crippen LogP contribution in [0.3, 0.4) is 0 Å². The van der Waals surface area contributed by atoms with Gasteiger partial charge in [-0.25, -0.2) is 9.97 Å². The first-order valence-electron chi connectivity index (χ1n) is 5.94. The highest BCUT2D eigenvalue weighted by Gasteiger charge is 2.01. The summed E-state index contributed by atoms with van der Waals surface area (Å²) in [5.74, 6) is 2.68. The van der Waals surface area contributed by atoms with Gasteiger partial charge in [-0.15, -0.1) is 0 Å². The number of ether oxygens (including phenoxy) is 1. The van der Waals surface area contributed by atoms with Gasteiger partial charge in [0.2, 0.25) is 5.88 Å². The molecule has 0 fully saturated rings. The van der Waals surface area contributed by atoms with Crippen molar-refractivity contribution in [2.75, 3.05) is 23.9 Å². The summed E-state index contributed by atoms with van der Waals surface area (Å²) >= 11 is 1.88. The van der Waals surface area contributed by atoms with Crippen LogP contribution in [0.25, 0.3) is 0 Å². The molecule has 1 heterocycles. The van der Waals surface area contributed by atoms with Crippen molar-refractivity contribution in [2.24, 2.45) is 0 Å². The molecule has 0 aliphatic heterocycles. The summed E-state index contributed by atoms with van der Waals surface area (Å²) in [5, 5.41) is 3.28. The number of hydrogen-bond acceptors (Lipinski definition) is 5. The summed E-state index contributed by atoms with van der Waals surface area (Å²) in [7, 11) is 0. The molecule has 0 atom stereocenters. The third-order valence-electron chi connectivity index (χ3n) is 2.08. The SMILES string of the molecule is CSCCCCNc1cc(OC(C)C)ncn1. The molecule has 96 valence electrons. The van der Waals surface area contributed by atoms with Crippen molar-refractivity contribution in [3.05, 3.63) is 12.4 Å². The van der Waals surface area contributed by atoms with Crippen LogP contribution < -0.4 is 10.1 Å². The Bertz CT molecular complexity index is 320. The summed E-state index contributed by atoms with van der Waals surface area (Å²) in [6, 6.07) is 1.84. The Morgan fingerprint density at radius 2 is 2.18 bits per heavy atom. The minimum absolute atomic E-state index is 0.138. The number of nitrogens with zero attached hydrogens (tertiary/aromatic N) is 2. The Balaban J connectivity index is 2.32. The first-order valence-corrected chi connectivity index (χ1v) is 7.33. The minimum Gasteiger partial charge on any atom is -0.475 e. The van der Waals surface area contributed by atoms with Crippen LogP contribution in [-0.2, 0) is 0 Å². The van der Waals surface area contributed by atoms with E-state index >= 15 is 0 Å². The lowest BCUT2D eigenvalue weighted by atomic mass is 10.3. The molecular formula is C12H21N3OS. The number of aromatic nitrogens is 2. The van der Waals surface area contributed by atoms with Crippen molar-refractivity contribution in [2.45, 2.75) is 32.8 Å². The van der Waals surface area contributed by atoms with Crippen molar-refractivity contribution in [3.8, 4) is 5.88 Å². The summed E-state index contributed by atoms with van der Waals surface area (Å²) in [6.45, 7) is 4.91. The summed E-state index contributed by atoms with van der Waals surface area (Å²) in [4.78, 5) is 8.22. The number of hydrogen-bond donors (Lipinski definition) is 1. The highest BCUT2D eigenvalue weighted by molar-refractivity contribution is 7.98. The van der Waals surface area contributed by atoms with E-state index in [4.69, 9.17) is 4.74 Å². The lowest BCUT2D eigenvalue weighted by Crippen LogP contribution is -2.09. The van der Waals surface area contributed by atoms with Gasteiger partial charge in [0.25, 0.3) is 0 Å². The van der Waals surface area contributed by atoms with Gasteiger partial charge in [-0.1, -0.05) is 0 Å². The lowest BCUT2D eigenvalue weighted by Gasteiger charge is -2.10. The van der Waals surface area contributed by atoms with Gasteiger partial charge in [0.15, 0.2) is 0 Å². The van der Waals surface area contributed by atoms with E-state index < -0.39 is 0 Å². The molecule has 0 aliphatic carbocycles. The second-order valence-electron chi connectivity index (χ2n) is 4.03. The number of thioether (sulfide) groups is 1. The van der Waals surface area contributed by atoms with E-state index in [1.54, 1.807) is 0 Å². The molecular weight excluding hydrogens is 234 g/mol. The van der Waals surface area contributed by atoms with E-state index in [1.165, 1.54) is 18.5 Å². The van der Waals surface area contributed by atoms with Crippen molar-refractivity contribution in [1.29, 1.82) is 0 Å². The monoisotopic (exact) mass is 255 g/mol. The van der Waals surface area contributed by atoms with E-state index in [-0.39, 0.29) is 6.10 Å². The molecule has 17 heavy (non-hydrogen) atoms. The average Bonchev–Trinajstić information content (AvgIpc) is 2.28. The van der Waals surface area contributed by atoms with Gasteiger partial charge in [0.05, 0.1) is 6.10 Å². The van der Waals surface area contributed by atoms with Crippen LogP contribution in [0.2, 0.25) is 0 Å². The van der Waals surface area contributed by atoms with Gasteiger partial charge in [0.1, 0.15) is 12.1 Å². The quantitative estimate of drug-likeness (QED) is 0.724. The van der Waals surface area contributed by atoms with Crippen molar-refractivity contribution < 1.29 is 4.74 Å². The first kappa shape index (κ1) is 14.1. The number of unbranched alkanes of at least 4 members (excludes halogenated alkanes) is 1. The van der Waals surface area contributed by atoms with E-state index in [0.29, 0.717) is 5.88 Å². The van der Waals surface area contributed by atoms with E-state index in [0.717, 1.165) is 18.8 Å². The maximum atomic E-state index is 5.51. The number of anilines is 1. The molecule has 0 radical (unpaired) electrons. The van der Waals surface area contributed by atoms with E-state index in [9.17, 15) is 0 Å². The molecule has 1 rings (SSSR count). The van der Waals surface area contributed by atoms with Gasteiger partial charge in [-0.2, -0.15) is 11.8 Å². The van der Waals surface area contributed by atoms with Crippen molar-refractivity contribution in [1.82, 2.24) is 9.97 Å². The third-order valence-corrected chi connectivity index (χ3v) is 2.78. The highest BCUT2D eigenvalue weighted by atomic mass is 32.2. The fourth-order valence-corrected chi connectivity index (χ4v) is 1.82. The van der Waals surface area contributed by atoms with E-state index in [2.05, 4.69) is 21.5 Å². The molecule has 0 aromatic carbocycles. The van der Waals surface area contributed by atoms with Gasteiger partial charge < -0.3 is 10.1 Å². The number of nitrogens with one attached hydrogen (secondary N) is 1. The Morgan fingerprint density at radius 3 is 2.88 bits per heavy atom. The molecule has 0 saturated carbocycles. The van der Waals surface area contributed by atoms with Crippen molar-refractivity contribution >= 4 is 17.6 Å². The molecule has 1 aromatic rings. The normalized spacial score (nSPS) is 10.6. The Labute approximate surface area is 108 Å². The largest absolute Gasteiger partial charge is 0.475 e. The van der Waals surface area contributed by atoms with Gasteiger partial charge in [-0.3, -0.25) is 0 Å². The Kier molecular flexibility index (Phi) is 6.77. The molecule has 0 spiro atoms. The maximum absolute atomic E-state index is 5.51. The predicted octanol–water partition coefficient (Wildman–Crippen LogP) is 2.82. The fraction of sp³-hybridized carbons (Fsp3) is 0.667. The standard InChI is InChI=1S/C12H21N3OS/c1-10(2)16-12-8-11(14-9-15-12)13-6-4-5-7-17-3/h8-10H,4-7H2,1-3H3,(H,13,14,15). The zero-order chi connectivity index (χ0) is 12.5. The molecule has 0 aliphatic rings. The Hall–Kier alpha value is -0.970. The minimum atomic E-state index is 0.138. The number of rotatable bonds is 8. The average molecular weight is 255 g/mol. The molecule has 0 saturated heterocycles. The highest BCUT2D eigenvalue weighted by Crippen LogP contribution is 2.12. The first-order chi connectivity index (χ1) is 8.22. The van der Waals surface area contributed by atoms with E-state index in [1.807, 2.05) is 31.7 Å². The van der Waals surface area contributed by atoms with Crippen LogP contribution in [0.4, 0.5) is 5.82 Å². The van der Waals surface area contributed by atoms with Crippen LogP contribution in [0.15, 0.2) is 12.4 Å². The van der Waals surface area contributed by atoms with Gasteiger partial charge >= 0.3 is 0 Å². The van der Waals surface area contributed by atoms with Crippen LogP contribution in [0.1, 0.15) is 26.7 Å². The fourth-order valence-electron chi connectivity index (χ4n) is 1.33. The van der Waals surface area contributed by atoms with Gasteiger partial charge in [0, 0.05) is 12.6 Å². The smallest absolute Gasteiger partial charge is 0.218 e. The molecule has 5 heteroatoms. The van der Waals surface area contributed by atoms with Crippen LogP contribution in [-0.4, -0.2) is 34.6 Å². The molecule has 0 bridgehead atoms. The topological polar surface area (TPSA) is 47.0 Å². The molecule has 0 amide bonds. The second-order valence-corrected chi connectivity index (χ2v) is 5.02. The summed E-state index contributed by atoms with van der Waals surface area (Å²) in [6.07, 6.45) is 6.19. The third kappa shape index (κ3) is 6.36. The summed E-state index contributed by atoms with van der Waals surface area (Å²) in [5.41, 5.74) is 0. The maximum Gasteiger partial charge on any atom is 0.218 e. The van der Waals surface area contributed by atoms with Crippen LogP contribution >= 0.6 is 11.8 Å². The Morgan fingerprint density at radius 1 is 1.35 bits per heavy atom. The lowest BCUT2D eigenvalue weighted by molar-refractivity contribution is 0.232. The predicted molar refractivity (Wildman–Crippen MR) is 73.9 cm³/mol. The van der Waals surface area contributed by atoms with Crippen LogP contribution in [0.5, 0.6) is 5.88 Å². The second kappa shape index (κ2) is 8.17. The molecule has 4 nitrogen and oxygen atoms in total. The molecule has 1 aromatic heterocycles. The van der Waals surface area contributed by atoms with Crippen LogP contribution in [0, 0.1) is 0 Å². The summed E-state index contributed by atoms with van der Waals surface area (Å²) < 4.78 is 5.51. The molecule has 1 N–H and O–H groups in total. The molecule has 0 unspecified atom stereocenters. The van der Waals surface area contributed by atoms with Crippen molar-refractivity contribution in [3.63, 3.8) is 0 Å².